The van der Waals surface area contributed by atoms with Gasteiger partial charge in [0.15, 0.2) is 0 Å². The topological polar surface area (TPSA) is 52.6 Å². The number of carbonyl (C=O) groups is 1. The number of β-amino-alcohol motifs (C(OH)–C–C–N with tert-alkyl or cyclic N) is 1. The van der Waals surface area contributed by atoms with E-state index in [0.29, 0.717) is 19.5 Å². The lowest BCUT2D eigenvalue weighted by molar-refractivity contribution is -0.132. The van der Waals surface area contributed by atoms with E-state index in [4.69, 9.17) is 0 Å². The zero-order chi connectivity index (χ0) is 14.8. The van der Waals surface area contributed by atoms with E-state index in [2.05, 4.69) is 29.6 Å². The second kappa shape index (κ2) is 5.84. The number of amides is 1. The van der Waals surface area contributed by atoms with Crippen LogP contribution in [0.1, 0.15) is 12.0 Å². The molecule has 0 aliphatic carbocycles. The fraction of sp³-hybridized carbons (Fsp3) is 0.353. The van der Waals surface area contributed by atoms with Gasteiger partial charge in [0.2, 0.25) is 5.91 Å². The number of likely N-dealkylation sites (N-methyl/N-ethyl adjacent to an activating group) is 1. The number of hydrogen-bond donors (Lipinski definition) is 2. The summed E-state index contributed by atoms with van der Waals surface area (Å²) in [5.41, 5.74) is 1.14. The summed E-state index contributed by atoms with van der Waals surface area (Å²) < 4.78 is 0. The number of hydrogen-bond acceptors (Lipinski definition) is 3. The van der Waals surface area contributed by atoms with Gasteiger partial charge in [-0.1, -0.05) is 42.5 Å². The standard InChI is InChI=1S/C17H20N2O2/c1-19(17(21)16-9-14(20)10-18-16)11-13-7-4-6-12-5-2-3-8-15(12)13/h2-8,14,16,18,20H,9-11H2,1H3. The van der Waals surface area contributed by atoms with E-state index in [-0.39, 0.29) is 11.9 Å². The van der Waals surface area contributed by atoms with Gasteiger partial charge >= 0.3 is 0 Å². The molecule has 0 radical (unpaired) electrons. The molecule has 4 heteroatoms. The number of nitrogens with one attached hydrogen (secondary N) is 1. The summed E-state index contributed by atoms with van der Waals surface area (Å²) >= 11 is 0. The van der Waals surface area contributed by atoms with E-state index in [1.54, 1.807) is 4.90 Å². The lowest BCUT2D eigenvalue weighted by atomic mass is 10.0. The van der Waals surface area contributed by atoms with Gasteiger partial charge in [0, 0.05) is 20.1 Å². The number of aliphatic hydroxyl groups is 1. The van der Waals surface area contributed by atoms with Gasteiger partial charge in [-0.2, -0.15) is 0 Å². The molecule has 1 aliphatic heterocycles. The first kappa shape index (κ1) is 14.0. The van der Waals surface area contributed by atoms with Crippen molar-refractivity contribution in [1.82, 2.24) is 10.2 Å². The van der Waals surface area contributed by atoms with Crippen LogP contribution in [0.4, 0.5) is 0 Å². The quantitative estimate of drug-likeness (QED) is 0.898. The molecule has 1 aliphatic rings. The Bertz CT molecular complexity index is 651. The van der Waals surface area contributed by atoms with Crippen LogP contribution in [0.3, 0.4) is 0 Å². The minimum Gasteiger partial charge on any atom is -0.392 e. The van der Waals surface area contributed by atoms with Gasteiger partial charge in [-0.3, -0.25) is 4.79 Å². The lowest BCUT2D eigenvalue weighted by Gasteiger charge is -2.22. The van der Waals surface area contributed by atoms with Crippen molar-refractivity contribution < 1.29 is 9.90 Å². The van der Waals surface area contributed by atoms with Crippen molar-refractivity contribution in [3.05, 3.63) is 48.0 Å². The first-order valence-electron chi connectivity index (χ1n) is 7.28. The second-order valence-corrected chi connectivity index (χ2v) is 5.68. The Morgan fingerprint density at radius 1 is 1.29 bits per heavy atom. The molecule has 1 heterocycles. The maximum Gasteiger partial charge on any atom is 0.239 e. The Hall–Kier alpha value is -1.91. The molecule has 0 saturated carbocycles. The van der Waals surface area contributed by atoms with Crippen molar-refractivity contribution in [2.24, 2.45) is 0 Å². The first-order chi connectivity index (χ1) is 10.1. The van der Waals surface area contributed by atoms with Crippen LogP contribution in [-0.4, -0.2) is 41.7 Å². The molecule has 0 spiro atoms. The fourth-order valence-electron chi connectivity index (χ4n) is 2.93. The highest BCUT2D eigenvalue weighted by molar-refractivity contribution is 5.87. The minimum atomic E-state index is -0.412. The highest BCUT2D eigenvalue weighted by atomic mass is 16.3. The summed E-state index contributed by atoms with van der Waals surface area (Å²) in [7, 11) is 1.82. The second-order valence-electron chi connectivity index (χ2n) is 5.68. The Balaban J connectivity index is 1.77. The number of carbonyl (C=O) groups excluding carboxylic acids is 1. The van der Waals surface area contributed by atoms with E-state index >= 15 is 0 Å². The SMILES string of the molecule is CN(Cc1cccc2ccccc12)C(=O)C1CC(O)CN1. The highest BCUT2D eigenvalue weighted by Gasteiger charge is 2.30. The molecule has 1 fully saturated rings. The van der Waals surface area contributed by atoms with E-state index in [0.717, 1.165) is 5.56 Å². The summed E-state index contributed by atoms with van der Waals surface area (Å²) in [6.45, 7) is 1.08. The molecule has 3 rings (SSSR count). The van der Waals surface area contributed by atoms with Crippen molar-refractivity contribution >= 4 is 16.7 Å². The van der Waals surface area contributed by atoms with E-state index < -0.39 is 6.10 Å². The van der Waals surface area contributed by atoms with Crippen molar-refractivity contribution in [1.29, 1.82) is 0 Å². The summed E-state index contributed by atoms with van der Waals surface area (Å²) in [5.74, 6) is 0.0412. The van der Waals surface area contributed by atoms with Crippen molar-refractivity contribution in [2.75, 3.05) is 13.6 Å². The van der Waals surface area contributed by atoms with Gasteiger partial charge < -0.3 is 15.3 Å². The highest BCUT2D eigenvalue weighted by Crippen LogP contribution is 2.20. The molecule has 0 aromatic heterocycles. The van der Waals surface area contributed by atoms with E-state index in [1.807, 2.05) is 25.2 Å². The fourth-order valence-corrected chi connectivity index (χ4v) is 2.93. The van der Waals surface area contributed by atoms with Crippen LogP contribution >= 0.6 is 0 Å². The van der Waals surface area contributed by atoms with Crippen molar-refractivity contribution in [3.8, 4) is 0 Å². The first-order valence-corrected chi connectivity index (χ1v) is 7.28. The summed E-state index contributed by atoms with van der Waals surface area (Å²) in [6.07, 6.45) is 0.0866. The minimum absolute atomic E-state index is 0.0412. The summed E-state index contributed by atoms with van der Waals surface area (Å²) in [5, 5.41) is 15.0. The molecule has 2 unspecified atom stereocenters. The molecule has 21 heavy (non-hydrogen) atoms. The average Bonchev–Trinajstić information content (AvgIpc) is 2.93. The molecular weight excluding hydrogens is 264 g/mol. The largest absolute Gasteiger partial charge is 0.392 e. The van der Waals surface area contributed by atoms with Crippen molar-refractivity contribution in [3.63, 3.8) is 0 Å². The molecular formula is C17H20N2O2. The van der Waals surface area contributed by atoms with Crippen LogP contribution in [0, 0.1) is 0 Å². The Kier molecular flexibility index (Phi) is 3.90. The predicted molar refractivity (Wildman–Crippen MR) is 82.8 cm³/mol. The van der Waals surface area contributed by atoms with Crippen LogP contribution in [0.2, 0.25) is 0 Å². The Morgan fingerprint density at radius 3 is 2.81 bits per heavy atom. The molecule has 110 valence electrons. The van der Waals surface area contributed by atoms with Gasteiger partial charge in [-0.05, 0) is 22.8 Å². The number of rotatable bonds is 3. The molecule has 2 atom stereocenters. The molecule has 4 nitrogen and oxygen atoms in total. The Labute approximate surface area is 124 Å². The van der Waals surface area contributed by atoms with Gasteiger partial charge in [0.1, 0.15) is 0 Å². The molecule has 2 aromatic rings. The number of fused-ring (bicyclic) bond motifs is 1. The number of aliphatic hydroxyl groups excluding tert-OH is 1. The molecule has 2 N–H and O–H groups in total. The summed E-state index contributed by atoms with van der Waals surface area (Å²) in [6, 6.07) is 14.1. The van der Waals surface area contributed by atoms with Gasteiger partial charge in [0.25, 0.3) is 0 Å². The number of benzene rings is 2. The molecule has 0 bridgehead atoms. The third kappa shape index (κ3) is 2.91. The van der Waals surface area contributed by atoms with Crippen LogP contribution in [0.5, 0.6) is 0 Å². The van der Waals surface area contributed by atoms with Crippen LogP contribution in [-0.2, 0) is 11.3 Å². The third-order valence-corrected chi connectivity index (χ3v) is 4.07. The van der Waals surface area contributed by atoms with Gasteiger partial charge in [0.05, 0.1) is 12.1 Å². The van der Waals surface area contributed by atoms with E-state index in [9.17, 15) is 9.90 Å². The zero-order valence-corrected chi connectivity index (χ0v) is 12.1. The van der Waals surface area contributed by atoms with Crippen LogP contribution in [0.15, 0.2) is 42.5 Å². The predicted octanol–water partition coefficient (Wildman–Crippen LogP) is 1.52. The maximum absolute atomic E-state index is 12.4. The van der Waals surface area contributed by atoms with Crippen molar-refractivity contribution in [2.45, 2.75) is 25.1 Å². The normalized spacial score (nSPS) is 21.6. The van der Waals surface area contributed by atoms with Crippen LogP contribution in [0.25, 0.3) is 10.8 Å². The smallest absolute Gasteiger partial charge is 0.239 e. The maximum atomic E-state index is 12.4. The molecule has 1 saturated heterocycles. The Morgan fingerprint density at radius 2 is 2.05 bits per heavy atom. The monoisotopic (exact) mass is 284 g/mol. The lowest BCUT2D eigenvalue weighted by Crippen LogP contribution is -2.41. The van der Waals surface area contributed by atoms with Crippen LogP contribution < -0.4 is 5.32 Å². The third-order valence-electron chi connectivity index (χ3n) is 4.07. The molecule has 1 amide bonds. The molecule has 2 aromatic carbocycles. The van der Waals surface area contributed by atoms with Gasteiger partial charge in [-0.15, -0.1) is 0 Å². The average molecular weight is 284 g/mol. The summed E-state index contributed by atoms with van der Waals surface area (Å²) in [4.78, 5) is 14.1. The van der Waals surface area contributed by atoms with Gasteiger partial charge in [-0.25, -0.2) is 0 Å². The van der Waals surface area contributed by atoms with E-state index in [1.165, 1.54) is 10.8 Å². The number of nitrogens with zero attached hydrogens (tertiary/aromatic N) is 1. The zero-order valence-electron chi connectivity index (χ0n) is 12.1.